The topological polar surface area (TPSA) is 12.0 Å². The van der Waals surface area contributed by atoms with Crippen molar-refractivity contribution in [2.45, 2.75) is 84.1 Å². The molecule has 1 N–H and O–H groups in total. The number of hydrogen-bond acceptors (Lipinski definition) is 1. The minimum Gasteiger partial charge on any atom is -0.313 e. The van der Waals surface area contributed by atoms with Crippen molar-refractivity contribution >= 4 is 0 Å². The molecule has 1 nitrogen and oxygen atoms in total. The van der Waals surface area contributed by atoms with E-state index < -0.39 is 0 Å². The monoisotopic (exact) mass is 301 g/mol. The van der Waals surface area contributed by atoms with Gasteiger partial charge in [0.2, 0.25) is 0 Å². The molecule has 5 aliphatic rings. The van der Waals surface area contributed by atoms with Crippen LogP contribution in [0.1, 0.15) is 78.1 Å². The Balaban J connectivity index is 1.47. The Hall–Kier alpha value is -0.0400. The van der Waals surface area contributed by atoms with Crippen molar-refractivity contribution in [3.05, 3.63) is 0 Å². The van der Waals surface area contributed by atoms with Crippen LogP contribution in [0.15, 0.2) is 0 Å². The Morgan fingerprint density at radius 3 is 2.59 bits per heavy atom. The lowest BCUT2D eigenvalue weighted by atomic mass is 9.45. The molecule has 1 heteroatoms. The van der Waals surface area contributed by atoms with Gasteiger partial charge in [-0.25, -0.2) is 0 Å². The molecule has 0 aromatic rings. The zero-order valence-electron chi connectivity index (χ0n) is 14.7. The van der Waals surface area contributed by atoms with E-state index in [-0.39, 0.29) is 0 Å². The lowest BCUT2D eigenvalue weighted by molar-refractivity contribution is -0.108. The molecule has 5 rings (SSSR count). The summed E-state index contributed by atoms with van der Waals surface area (Å²) in [5, 5.41) is 3.87. The minimum atomic E-state index is 0.721. The standard InChI is InChI=1S/C21H35N/c1-14-17-8-9-19-16-7-6-15-5-3-4-11-20(15,2)18(16)10-12-21(17,19)13-22-14/h14-19,22H,3-13H2,1-2H3/t14?,15?,16-,17-,18+,19+,20+,21+/m1/s1. The Kier molecular flexibility index (Phi) is 3.09. The first-order chi connectivity index (χ1) is 10.7. The van der Waals surface area contributed by atoms with Gasteiger partial charge in [0.1, 0.15) is 0 Å². The summed E-state index contributed by atoms with van der Waals surface area (Å²) >= 11 is 0. The molecule has 0 bridgehead atoms. The summed E-state index contributed by atoms with van der Waals surface area (Å²) in [6, 6.07) is 0.795. The van der Waals surface area contributed by atoms with Crippen LogP contribution in [0, 0.1) is 40.4 Å². The summed E-state index contributed by atoms with van der Waals surface area (Å²) in [5.41, 5.74) is 1.44. The molecule has 0 amide bonds. The molecule has 1 saturated heterocycles. The predicted molar refractivity (Wildman–Crippen MR) is 91.6 cm³/mol. The molecular weight excluding hydrogens is 266 g/mol. The maximum atomic E-state index is 3.87. The van der Waals surface area contributed by atoms with E-state index in [1.54, 1.807) is 44.9 Å². The van der Waals surface area contributed by atoms with Gasteiger partial charge in [0, 0.05) is 12.6 Å². The van der Waals surface area contributed by atoms with E-state index in [2.05, 4.69) is 19.2 Å². The summed E-state index contributed by atoms with van der Waals surface area (Å²) in [6.45, 7) is 6.54. The van der Waals surface area contributed by atoms with Crippen molar-refractivity contribution in [3.8, 4) is 0 Å². The van der Waals surface area contributed by atoms with E-state index in [4.69, 9.17) is 0 Å². The van der Waals surface area contributed by atoms with Crippen molar-refractivity contribution in [1.29, 1.82) is 0 Å². The highest BCUT2D eigenvalue weighted by atomic mass is 15.0. The van der Waals surface area contributed by atoms with E-state index in [9.17, 15) is 0 Å². The van der Waals surface area contributed by atoms with Gasteiger partial charge in [-0.3, -0.25) is 0 Å². The largest absolute Gasteiger partial charge is 0.313 e. The van der Waals surface area contributed by atoms with Gasteiger partial charge in [0.05, 0.1) is 0 Å². The number of hydrogen-bond donors (Lipinski definition) is 1. The van der Waals surface area contributed by atoms with Crippen molar-refractivity contribution < 1.29 is 0 Å². The Morgan fingerprint density at radius 1 is 0.818 bits per heavy atom. The molecule has 2 unspecified atom stereocenters. The van der Waals surface area contributed by atoms with Crippen LogP contribution in [-0.2, 0) is 0 Å². The van der Waals surface area contributed by atoms with E-state index in [1.807, 2.05) is 0 Å². The smallest absolute Gasteiger partial charge is 0.00731 e. The molecule has 4 saturated carbocycles. The first-order valence-corrected chi connectivity index (χ1v) is 10.4. The summed E-state index contributed by atoms with van der Waals surface area (Å²) in [7, 11) is 0. The highest BCUT2D eigenvalue weighted by molar-refractivity contribution is 5.14. The number of nitrogens with one attached hydrogen (secondary N) is 1. The maximum absolute atomic E-state index is 3.87. The van der Waals surface area contributed by atoms with Crippen LogP contribution in [0.5, 0.6) is 0 Å². The second-order valence-corrected chi connectivity index (χ2v) is 10.0. The lowest BCUT2D eigenvalue weighted by Crippen LogP contribution is -2.53. The number of rotatable bonds is 0. The maximum Gasteiger partial charge on any atom is 0.00731 e. The van der Waals surface area contributed by atoms with Crippen molar-refractivity contribution in [2.24, 2.45) is 40.4 Å². The fraction of sp³-hybridized carbons (Fsp3) is 1.00. The quantitative estimate of drug-likeness (QED) is 0.663. The van der Waals surface area contributed by atoms with Gasteiger partial charge in [0.25, 0.3) is 0 Å². The summed E-state index contributed by atoms with van der Waals surface area (Å²) in [6.07, 6.45) is 15.5. The van der Waals surface area contributed by atoms with Gasteiger partial charge >= 0.3 is 0 Å². The first-order valence-electron chi connectivity index (χ1n) is 10.4. The average Bonchev–Trinajstić information content (AvgIpc) is 3.04. The van der Waals surface area contributed by atoms with E-state index in [0.29, 0.717) is 0 Å². The third-order valence-corrected chi connectivity index (χ3v) is 9.72. The number of fused-ring (bicyclic) bond motifs is 4. The summed E-state index contributed by atoms with van der Waals surface area (Å²) in [5.74, 6) is 5.33. The second-order valence-electron chi connectivity index (χ2n) is 10.0. The minimum absolute atomic E-state index is 0.721. The van der Waals surface area contributed by atoms with Gasteiger partial charge in [0.15, 0.2) is 0 Å². The van der Waals surface area contributed by atoms with Crippen LogP contribution in [-0.4, -0.2) is 12.6 Å². The van der Waals surface area contributed by atoms with Crippen LogP contribution in [0.25, 0.3) is 0 Å². The zero-order valence-corrected chi connectivity index (χ0v) is 14.7. The van der Waals surface area contributed by atoms with Crippen molar-refractivity contribution in [1.82, 2.24) is 5.32 Å². The molecular formula is C21H35N. The van der Waals surface area contributed by atoms with Crippen LogP contribution in [0.3, 0.4) is 0 Å². The first kappa shape index (κ1) is 14.3. The van der Waals surface area contributed by atoms with Crippen LogP contribution in [0.2, 0.25) is 0 Å². The highest BCUT2D eigenvalue weighted by Gasteiger charge is 2.63. The fourth-order valence-corrected chi connectivity index (χ4v) is 8.74. The molecule has 1 heterocycles. The average molecular weight is 302 g/mol. The van der Waals surface area contributed by atoms with Crippen LogP contribution >= 0.6 is 0 Å². The molecule has 124 valence electrons. The molecule has 22 heavy (non-hydrogen) atoms. The predicted octanol–water partition coefficient (Wildman–Crippen LogP) is 5.01. The van der Waals surface area contributed by atoms with Gasteiger partial charge in [-0.15, -0.1) is 0 Å². The zero-order chi connectivity index (χ0) is 14.9. The molecule has 0 aromatic heterocycles. The second kappa shape index (κ2) is 4.74. The third-order valence-electron chi connectivity index (χ3n) is 9.72. The SMILES string of the molecule is CC1NC[C@]23CC[C@H]4[C@@H](CCC5CCCC[C@@]54C)[C@@H]2CC[C@H]13. The summed E-state index contributed by atoms with van der Waals surface area (Å²) in [4.78, 5) is 0. The van der Waals surface area contributed by atoms with Crippen LogP contribution in [0.4, 0.5) is 0 Å². The van der Waals surface area contributed by atoms with E-state index in [0.717, 1.165) is 46.5 Å². The Labute approximate surface area is 137 Å². The normalized spacial score (nSPS) is 60.3. The molecule has 0 aromatic carbocycles. The highest BCUT2D eigenvalue weighted by Crippen LogP contribution is 2.68. The van der Waals surface area contributed by atoms with Crippen molar-refractivity contribution in [3.63, 3.8) is 0 Å². The molecule has 0 radical (unpaired) electrons. The van der Waals surface area contributed by atoms with Crippen molar-refractivity contribution in [2.75, 3.05) is 6.54 Å². The Morgan fingerprint density at radius 2 is 1.68 bits per heavy atom. The Bertz CT molecular complexity index is 457. The molecule has 5 fully saturated rings. The molecule has 4 aliphatic carbocycles. The molecule has 8 atom stereocenters. The van der Waals surface area contributed by atoms with Gasteiger partial charge < -0.3 is 5.32 Å². The fourth-order valence-electron chi connectivity index (χ4n) is 8.74. The van der Waals surface area contributed by atoms with E-state index >= 15 is 0 Å². The van der Waals surface area contributed by atoms with Crippen LogP contribution < -0.4 is 5.32 Å². The molecule has 1 aliphatic heterocycles. The molecule has 1 spiro atoms. The van der Waals surface area contributed by atoms with E-state index in [1.165, 1.54) is 25.8 Å². The lowest BCUT2D eigenvalue weighted by Gasteiger charge is -2.60. The third kappa shape index (κ3) is 1.65. The van der Waals surface area contributed by atoms with Gasteiger partial charge in [-0.05, 0) is 98.7 Å². The van der Waals surface area contributed by atoms with Gasteiger partial charge in [-0.1, -0.05) is 19.8 Å². The van der Waals surface area contributed by atoms with Gasteiger partial charge in [-0.2, -0.15) is 0 Å². The summed E-state index contributed by atoms with van der Waals surface area (Å²) < 4.78 is 0.